The maximum atomic E-state index is 12.8. The number of sulfonamides is 1. The lowest BCUT2D eigenvalue weighted by molar-refractivity contribution is 0.0926. The van der Waals surface area contributed by atoms with Crippen molar-refractivity contribution in [2.45, 2.75) is 50.0 Å². The maximum Gasteiger partial charge on any atom is 0.255 e. The number of nitrogens with one attached hydrogen (secondary N) is 3. The highest BCUT2D eigenvalue weighted by atomic mass is 35.5. The Kier molecular flexibility index (Phi) is 7.35. The average Bonchev–Trinajstić information content (AvgIpc) is 2.75. The van der Waals surface area contributed by atoms with E-state index < -0.39 is 15.9 Å². The van der Waals surface area contributed by atoms with Crippen LogP contribution in [0.1, 0.15) is 58.4 Å². The number of amides is 2. The molecule has 0 aliphatic heterocycles. The summed E-state index contributed by atoms with van der Waals surface area (Å²) in [4.78, 5) is 25.5. The molecule has 7 nitrogen and oxygen atoms in total. The molecule has 0 radical (unpaired) electrons. The van der Waals surface area contributed by atoms with Crippen molar-refractivity contribution in [1.82, 2.24) is 10.0 Å². The molecular formula is C22H26ClN3O4S. The number of aryl methyl sites for hydroxylation is 1. The monoisotopic (exact) mass is 463 g/mol. The fourth-order valence-corrected chi connectivity index (χ4v) is 4.58. The van der Waals surface area contributed by atoms with Crippen molar-refractivity contribution in [2.75, 3.05) is 12.4 Å². The molecule has 0 unspecified atom stereocenters. The van der Waals surface area contributed by atoms with Crippen molar-refractivity contribution in [1.29, 1.82) is 0 Å². The third kappa shape index (κ3) is 5.64. The van der Waals surface area contributed by atoms with E-state index in [2.05, 4.69) is 15.4 Å². The summed E-state index contributed by atoms with van der Waals surface area (Å²) in [6.07, 6.45) is 5.27. The van der Waals surface area contributed by atoms with Crippen LogP contribution in [-0.2, 0) is 10.0 Å². The van der Waals surface area contributed by atoms with E-state index in [1.165, 1.54) is 31.7 Å². The molecule has 31 heavy (non-hydrogen) atoms. The van der Waals surface area contributed by atoms with E-state index in [0.717, 1.165) is 25.7 Å². The van der Waals surface area contributed by atoms with Gasteiger partial charge in [0.05, 0.1) is 15.5 Å². The van der Waals surface area contributed by atoms with Crippen LogP contribution in [0.15, 0.2) is 41.3 Å². The summed E-state index contributed by atoms with van der Waals surface area (Å²) in [5.74, 6) is -0.752. The number of carbonyl (C=O) groups is 2. The minimum absolute atomic E-state index is 0.00518. The van der Waals surface area contributed by atoms with Gasteiger partial charge >= 0.3 is 0 Å². The van der Waals surface area contributed by atoms with Crippen LogP contribution in [0, 0.1) is 6.92 Å². The van der Waals surface area contributed by atoms with Gasteiger partial charge in [-0.25, -0.2) is 13.1 Å². The Labute approximate surface area is 187 Å². The molecule has 1 aliphatic rings. The third-order valence-electron chi connectivity index (χ3n) is 5.44. The second-order valence-electron chi connectivity index (χ2n) is 7.64. The van der Waals surface area contributed by atoms with Gasteiger partial charge < -0.3 is 10.6 Å². The Morgan fingerprint density at radius 2 is 1.68 bits per heavy atom. The van der Waals surface area contributed by atoms with Gasteiger partial charge in [0, 0.05) is 17.3 Å². The van der Waals surface area contributed by atoms with E-state index in [0.29, 0.717) is 16.3 Å². The van der Waals surface area contributed by atoms with E-state index in [9.17, 15) is 18.0 Å². The molecule has 1 aliphatic carbocycles. The van der Waals surface area contributed by atoms with Crippen LogP contribution in [0.3, 0.4) is 0 Å². The van der Waals surface area contributed by atoms with Gasteiger partial charge in [-0.3, -0.25) is 9.59 Å². The molecule has 0 spiro atoms. The van der Waals surface area contributed by atoms with E-state index in [4.69, 9.17) is 11.6 Å². The highest BCUT2D eigenvalue weighted by Gasteiger charge is 2.20. The molecule has 9 heteroatoms. The molecule has 3 rings (SSSR count). The van der Waals surface area contributed by atoms with E-state index in [-0.39, 0.29) is 28.0 Å². The lowest BCUT2D eigenvalue weighted by Crippen LogP contribution is -2.36. The molecular weight excluding hydrogens is 438 g/mol. The summed E-state index contributed by atoms with van der Waals surface area (Å²) in [6.45, 7) is 1.72. The zero-order valence-corrected chi connectivity index (χ0v) is 19.1. The number of rotatable bonds is 6. The third-order valence-corrected chi connectivity index (χ3v) is 7.18. The fourth-order valence-electron chi connectivity index (χ4n) is 3.62. The first-order chi connectivity index (χ1) is 14.7. The number of halogens is 1. The first-order valence-electron chi connectivity index (χ1n) is 10.2. The summed E-state index contributed by atoms with van der Waals surface area (Å²) < 4.78 is 26.4. The summed E-state index contributed by atoms with van der Waals surface area (Å²) in [5, 5.41) is 6.04. The number of benzene rings is 2. The van der Waals surface area contributed by atoms with Crippen LogP contribution >= 0.6 is 11.6 Å². The molecule has 0 heterocycles. The van der Waals surface area contributed by atoms with Crippen molar-refractivity contribution in [2.24, 2.45) is 0 Å². The molecule has 2 aromatic rings. The lowest BCUT2D eigenvalue weighted by atomic mass is 9.95. The van der Waals surface area contributed by atoms with Crippen LogP contribution in [0.4, 0.5) is 5.69 Å². The normalized spacial score (nSPS) is 14.8. The van der Waals surface area contributed by atoms with Gasteiger partial charge in [-0.1, -0.05) is 36.9 Å². The van der Waals surface area contributed by atoms with Gasteiger partial charge in [0.15, 0.2) is 0 Å². The van der Waals surface area contributed by atoms with Crippen LogP contribution < -0.4 is 15.4 Å². The van der Waals surface area contributed by atoms with Gasteiger partial charge in [0.25, 0.3) is 11.8 Å². The molecule has 2 aromatic carbocycles. The van der Waals surface area contributed by atoms with Gasteiger partial charge in [0.1, 0.15) is 0 Å². The Morgan fingerprint density at radius 1 is 0.968 bits per heavy atom. The predicted molar refractivity (Wildman–Crippen MR) is 121 cm³/mol. The van der Waals surface area contributed by atoms with Gasteiger partial charge in [0.2, 0.25) is 10.0 Å². The number of anilines is 1. The highest BCUT2D eigenvalue weighted by molar-refractivity contribution is 7.89. The summed E-state index contributed by atoms with van der Waals surface area (Å²) >= 11 is 6.23. The molecule has 0 bridgehead atoms. The lowest BCUT2D eigenvalue weighted by Gasteiger charge is -2.23. The first-order valence-corrected chi connectivity index (χ1v) is 12.0. The van der Waals surface area contributed by atoms with E-state index in [1.54, 1.807) is 25.1 Å². The van der Waals surface area contributed by atoms with Crippen molar-refractivity contribution in [3.8, 4) is 0 Å². The molecule has 1 fully saturated rings. The zero-order chi connectivity index (χ0) is 22.6. The molecule has 2 amide bonds. The van der Waals surface area contributed by atoms with Crippen LogP contribution in [-0.4, -0.2) is 33.3 Å². The topological polar surface area (TPSA) is 104 Å². The van der Waals surface area contributed by atoms with Crippen LogP contribution in [0.25, 0.3) is 0 Å². The number of hydrogen-bond donors (Lipinski definition) is 3. The number of hydrogen-bond acceptors (Lipinski definition) is 4. The fraction of sp³-hybridized carbons (Fsp3) is 0.364. The summed E-state index contributed by atoms with van der Waals surface area (Å²) in [5.41, 5.74) is 1.52. The number of carbonyl (C=O) groups excluding carboxylic acids is 2. The van der Waals surface area contributed by atoms with Crippen molar-refractivity contribution >= 4 is 39.1 Å². The van der Waals surface area contributed by atoms with E-state index in [1.807, 2.05) is 0 Å². The Balaban J connectivity index is 1.80. The highest BCUT2D eigenvalue weighted by Crippen LogP contribution is 2.24. The van der Waals surface area contributed by atoms with Crippen LogP contribution in [0.2, 0.25) is 5.02 Å². The largest absolute Gasteiger partial charge is 0.349 e. The SMILES string of the molecule is CNS(=O)(=O)c1ccc(C)c(C(=O)Nc2ccc(Cl)c(C(=O)NC3CCCCC3)c2)c1. The zero-order valence-electron chi connectivity index (χ0n) is 17.5. The van der Waals surface area contributed by atoms with Gasteiger partial charge in [-0.05, 0) is 62.7 Å². The summed E-state index contributed by atoms with van der Waals surface area (Å²) in [7, 11) is -2.37. The summed E-state index contributed by atoms with van der Waals surface area (Å²) in [6, 6.07) is 9.15. The first kappa shape index (κ1) is 23.2. The molecule has 3 N–H and O–H groups in total. The second kappa shape index (κ2) is 9.80. The Bertz CT molecular complexity index is 1100. The van der Waals surface area contributed by atoms with Gasteiger partial charge in [-0.2, -0.15) is 0 Å². The minimum Gasteiger partial charge on any atom is -0.349 e. The van der Waals surface area contributed by atoms with E-state index >= 15 is 0 Å². The standard InChI is InChI=1S/C22H26ClN3O4S/c1-14-8-10-17(31(29,30)24-2)13-18(14)21(27)26-16-9-11-20(23)19(12-16)22(28)25-15-6-4-3-5-7-15/h8-13,15,24H,3-7H2,1-2H3,(H,25,28)(H,26,27). The van der Waals surface area contributed by atoms with Crippen molar-refractivity contribution in [3.05, 3.63) is 58.1 Å². The predicted octanol–water partition coefficient (Wildman–Crippen LogP) is 3.87. The van der Waals surface area contributed by atoms with Crippen molar-refractivity contribution < 1.29 is 18.0 Å². The van der Waals surface area contributed by atoms with Crippen LogP contribution in [0.5, 0.6) is 0 Å². The Hall–Kier alpha value is -2.42. The van der Waals surface area contributed by atoms with Crippen molar-refractivity contribution in [3.63, 3.8) is 0 Å². The Morgan fingerprint density at radius 3 is 2.35 bits per heavy atom. The maximum absolute atomic E-state index is 12.8. The molecule has 0 atom stereocenters. The average molecular weight is 464 g/mol. The molecule has 166 valence electrons. The second-order valence-corrected chi connectivity index (χ2v) is 9.94. The smallest absolute Gasteiger partial charge is 0.255 e. The minimum atomic E-state index is -3.68. The van der Waals surface area contributed by atoms with Gasteiger partial charge in [-0.15, -0.1) is 0 Å². The quantitative estimate of drug-likeness (QED) is 0.604. The molecule has 0 saturated heterocycles. The molecule has 1 saturated carbocycles. The molecule has 0 aromatic heterocycles.